The van der Waals surface area contributed by atoms with Crippen molar-refractivity contribution in [3.63, 3.8) is 0 Å². The molecule has 0 bridgehead atoms. The fraction of sp³-hybridized carbons (Fsp3) is 0.118. The van der Waals surface area contributed by atoms with E-state index >= 15 is 0 Å². The van der Waals surface area contributed by atoms with Crippen LogP contribution in [0.2, 0.25) is 0 Å². The van der Waals surface area contributed by atoms with Crippen molar-refractivity contribution >= 4 is 11.9 Å². The number of benzene rings is 2. The molecule has 0 heterocycles. The Balaban J connectivity index is 2.04. The standard InChI is InChI=1S/C17H16O3/c1-13-2-9-16(10-3-13)17(18)11-8-14-4-6-15(7-5-14)12-20-19/h2-11,19H,12H2,1H3/b11-8+. The van der Waals surface area contributed by atoms with Gasteiger partial charge >= 0.3 is 0 Å². The van der Waals surface area contributed by atoms with Crippen LogP contribution in [0, 0.1) is 6.92 Å². The lowest BCUT2D eigenvalue weighted by Gasteiger charge is -1.99. The number of allylic oxidation sites excluding steroid dienone is 1. The van der Waals surface area contributed by atoms with Crippen LogP contribution < -0.4 is 0 Å². The molecule has 0 unspecified atom stereocenters. The summed E-state index contributed by atoms with van der Waals surface area (Å²) in [4.78, 5) is 16.0. The smallest absolute Gasteiger partial charge is 0.185 e. The average molecular weight is 268 g/mol. The minimum atomic E-state index is -0.0206. The number of hydrogen-bond donors (Lipinski definition) is 1. The van der Waals surface area contributed by atoms with Gasteiger partial charge in [0.05, 0.1) is 0 Å². The van der Waals surface area contributed by atoms with Crippen LogP contribution in [0.5, 0.6) is 0 Å². The number of rotatable bonds is 5. The molecule has 102 valence electrons. The summed E-state index contributed by atoms with van der Waals surface area (Å²) in [5, 5.41) is 8.35. The summed E-state index contributed by atoms with van der Waals surface area (Å²) in [6.45, 7) is 2.15. The van der Waals surface area contributed by atoms with Gasteiger partial charge in [0, 0.05) is 5.56 Å². The highest BCUT2D eigenvalue weighted by molar-refractivity contribution is 6.06. The van der Waals surface area contributed by atoms with E-state index in [4.69, 9.17) is 5.26 Å². The maximum Gasteiger partial charge on any atom is 0.185 e. The Hall–Kier alpha value is -2.23. The second kappa shape index (κ2) is 6.80. The SMILES string of the molecule is Cc1ccc(C(=O)/C=C/c2ccc(COO)cc2)cc1. The summed E-state index contributed by atoms with van der Waals surface area (Å²) in [7, 11) is 0. The molecule has 0 radical (unpaired) electrons. The van der Waals surface area contributed by atoms with Gasteiger partial charge in [-0.2, -0.15) is 0 Å². The van der Waals surface area contributed by atoms with E-state index in [9.17, 15) is 4.79 Å². The van der Waals surface area contributed by atoms with Crippen LogP contribution in [-0.4, -0.2) is 11.0 Å². The molecule has 0 aliphatic rings. The zero-order valence-electron chi connectivity index (χ0n) is 11.2. The van der Waals surface area contributed by atoms with Crippen LogP contribution in [0.4, 0.5) is 0 Å². The Morgan fingerprint density at radius 2 is 1.75 bits per heavy atom. The Kier molecular flexibility index (Phi) is 4.82. The molecule has 2 rings (SSSR count). The number of ketones is 1. The molecule has 1 N–H and O–H groups in total. The zero-order valence-corrected chi connectivity index (χ0v) is 11.2. The Labute approximate surface area is 118 Å². The lowest BCUT2D eigenvalue weighted by molar-refractivity contribution is -0.253. The van der Waals surface area contributed by atoms with E-state index in [2.05, 4.69) is 4.89 Å². The molecule has 0 aliphatic carbocycles. The third-order valence-corrected chi connectivity index (χ3v) is 2.97. The lowest BCUT2D eigenvalue weighted by atomic mass is 10.1. The molecule has 2 aromatic carbocycles. The van der Waals surface area contributed by atoms with Gasteiger partial charge in [-0.05, 0) is 24.1 Å². The molecule has 0 amide bonds. The fourth-order valence-electron chi connectivity index (χ4n) is 1.79. The predicted molar refractivity (Wildman–Crippen MR) is 78.4 cm³/mol. The van der Waals surface area contributed by atoms with Crippen molar-refractivity contribution in [3.05, 3.63) is 76.9 Å². The van der Waals surface area contributed by atoms with E-state index in [-0.39, 0.29) is 12.4 Å². The molecule has 0 saturated heterocycles. The second-order valence-electron chi connectivity index (χ2n) is 4.58. The number of carbonyl (C=O) groups excluding carboxylic acids is 1. The molecule has 0 aliphatic heterocycles. The molecule has 0 atom stereocenters. The van der Waals surface area contributed by atoms with Gasteiger partial charge in [-0.15, -0.1) is 0 Å². The molecule has 0 spiro atoms. The highest BCUT2D eigenvalue weighted by atomic mass is 17.1. The number of carbonyl (C=O) groups is 1. The van der Waals surface area contributed by atoms with Crippen molar-refractivity contribution in [3.8, 4) is 0 Å². The van der Waals surface area contributed by atoms with Crippen molar-refractivity contribution in [1.29, 1.82) is 0 Å². The molecule has 3 nitrogen and oxygen atoms in total. The lowest BCUT2D eigenvalue weighted by Crippen LogP contribution is -1.93. The van der Waals surface area contributed by atoms with E-state index in [1.165, 1.54) is 0 Å². The quantitative estimate of drug-likeness (QED) is 0.387. The van der Waals surface area contributed by atoms with Crippen molar-refractivity contribution in [2.45, 2.75) is 13.5 Å². The summed E-state index contributed by atoms with van der Waals surface area (Å²) < 4.78 is 0. The maximum atomic E-state index is 12.0. The maximum absolute atomic E-state index is 12.0. The van der Waals surface area contributed by atoms with E-state index in [1.54, 1.807) is 12.2 Å². The highest BCUT2D eigenvalue weighted by Crippen LogP contribution is 2.09. The first-order chi connectivity index (χ1) is 9.69. The molecule has 0 fully saturated rings. The van der Waals surface area contributed by atoms with Crippen molar-refractivity contribution in [1.82, 2.24) is 0 Å². The highest BCUT2D eigenvalue weighted by Gasteiger charge is 2.00. The van der Waals surface area contributed by atoms with Crippen molar-refractivity contribution in [2.24, 2.45) is 0 Å². The minimum absolute atomic E-state index is 0.0206. The van der Waals surface area contributed by atoms with Gasteiger partial charge < -0.3 is 0 Å². The first-order valence-electron chi connectivity index (χ1n) is 6.33. The van der Waals surface area contributed by atoms with Gasteiger partial charge in [0.25, 0.3) is 0 Å². The van der Waals surface area contributed by atoms with Gasteiger partial charge in [-0.25, -0.2) is 4.89 Å². The van der Waals surface area contributed by atoms with E-state index < -0.39 is 0 Å². The van der Waals surface area contributed by atoms with Gasteiger partial charge in [-0.3, -0.25) is 10.1 Å². The molecular formula is C17H16O3. The van der Waals surface area contributed by atoms with Crippen molar-refractivity contribution < 1.29 is 14.9 Å². The summed E-state index contributed by atoms with van der Waals surface area (Å²) >= 11 is 0. The van der Waals surface area contributed by atoms with Crippen LogP contribution in [0.15, 0.2) is 54.6 Å². The Bertz CT molecular complexity index is 595. The van der Waals surface area contributed by atoms with Crippen LogP contribution in [0.1, 0.15) is 27.0 Å². The Morgan fingerprint density at radius 3 is 2.35 bits per heavy atom. The molecule has 20 heavy (non-hydrogen) atoms. The first-order valence-corrected chi connectivity index (χ1v) is 6.33. The fourth-order valence-corrected chi connectivity index (χ4v) is 1.79. The third-order valence-electron chi connectivity index (χ3n) is 2.97. The molecule has 2 aromatic rings. The van der Waals surface area contributed by atoms with E-state index in [1.807, 2.05) is 55.5 Å². The first kappa shape index (κ1) is 14.2. The third kappa shape index (κ3) is 3.88. The topological polar surface area (TPSA) is 46.5 Å². The van der Waals surface area contributed by atoms with Crippen LogP contribution in [-0.2, 0) is 11.5 Å². The van der Waals surface area contributed by atoms with E-state index in [0.717, 1.165) is 16.7 Å². The predicted octanol–water partition coefficient (Wildman–Crippen LogP) is 3.88. The van der Waals surface area contributed by atoms with Crippen LogP contribution in [0.3, 0.4) is 0 Å². The number of hydrogen-bond acceptors (Lipinski definition) is 3. The van der Waals surface area contributed by atoms with E-state index in [0.29, 0.717) is 5.56 Å². The van der Waals surface area contributed by atoms with Gasteiger partial charge in [0.1, 0.15) is 6.61 Å². The molecular weight excluding hydrogens is 252 g/mol. The monoisotopic (exact) mass is 268 g/mol. The summed E-state index contributed by atoms with van der Waals surface area (Å²) in [5.74, 6) is -0.0206. The molecule has 0 saturated carbocycles. The average Bonchev–Trinajstić information content (AvgIpc) is 2.47. The Morgan fingerprint density at radius 1 is 1.10 bits per heavy atom. The normalized spacial score (nSPS) is 10.9. The molecule has 3 heteroatoms. The van der Waals surface area contributed by atoms with Gasteiger partial charge in [0.15, 0.2) is 5.78 Å². The largest absolute Gasteiger partial charge is 0.289 e. The summed E-state index contributed by atoms with van der Waals surface area (Å²) in [6, 6.07) is 14.9. The van der Waals surface area contributed by atoms with Gasteiger partial charge in [0.2, 0.25) is 0 Å². The zero-order chi connectivity index (χ0) is 14.4. The van der Waals surface area contributed by atoms with Crippen molar-refractivity contribution in [2.75, 3.05) is 0 Å². The van der Waals surface area contributed by atoms with Crippen LogP contribution in [0.25, 0.3) is 6.08 Å². The number of aryl methyl sites for hydroxylation is 1. The van der Waals surface area contributed by atoms with Gasteiger partial charge in [-0.1, -0.05) is 60.2 Å². The minimum Gasteiger partial charge on any atom is -0.289 e. The second-order valence-corrected chi connectivity index (χ2v) is 4.58. The summed E-state index contributed by atoms with van der Waals surface area (Å²) in [5.41, 5.74) is 3.60. The van der Waals surface area contributed by atoms with Crippen LogP contribution >= 0.6 is 0 Å². The summed E-state index contributed by atoms with van der Waals surface area (Å²) in [6.07, 6.45) is 3.33. The molecule has 0 aromatic heterocycles.